The van der Waals surface area contributed by atoms with Gasteiger partial charge < -0.3 is 4.74 Å². The molecule has 2 aromatic carbocycles. The third-order valence-corrected chi connectivity index (χ3v) is 3.94. The Kier molecular flexibility index (Phi) is 5.17. The first-order valence-corrected chi connectivity index (χ1v) is 8.12. The summed E-state index contributed by atoms with van der Waals surface area (Å²) in [7, 11) is 0. The van der Waals surface area contributed by atoms with E-state index in [0.29, 0.717) is 17.9 Å². The second-order valence-electron chi connectivity index (χ2n) is 5.78. The quantitative estimate of drug-likeness (QED) is 0.328. The minimum atomic E-state index is -2.31. The number of amides is 1. The summed E-state index contributed by atoms with van der Waals surface area (Å²) < 4.78 is 73.6. The molecule has 0 spiro atoms. The Balaban J connectivity index is 2.04. The van der Waals surface area contributed by atoms with Crippen LogP contribution in [0.15, 0.2) is 34.9 Å². The highest BCUT2D eigenvalue weighted by molar-refractivity contribution is 6.32. The summed E-state index contributed by atoms with van der Waals surface area (Å²) in [6, 6.07) is 6.64. The molecule has 1 heterocycles. The maximum atomic E-state index is 14.0. The largest absolute Gasteiger partial charge is 0.494 e. The predicted molar refractivity (Wildman–Crippen MR) is 92.4 cm³/mol. The van der Waals surface area contributed by atoms with Crippen LogP contribution in [0.4, 0.5) is 27.6 Å². The average Bonchev–Trinajstić information content (AvgIpc) is 2.94. The first-order chi connectivity index (χ1) is 13.3. The number of ether oxygens (including phenoxy) is 1. The third-order valence-electron chi connectivity index (χ3n) is 3.94. The lowest BCUT2D eigenvalue weighted by Gasteiger charge is -2.15. The van der Waals surface area contributed by atoms with E-state index >= 15 is 0 Å². The van der Waals surface area contributed by atoms with Gasteiger partial charge in [0.05, 0.1) is 17.9 Å². The van der Waals surface area contributed by atoms with Crippen molar-refractivity contribution >= 4 is 23.4 Å². The van der Waals surface area contributed by atoms with Crippen molar-refractivity contribution in [2.24, 2.45) is 5.10 Å². The van der Waals surface area contributed by atoms with Crippen LogP contribution in [-0.4, -0.2) is 18.2 Å². The molecule has 0 aromatic heterocycles. The van der Waals surface area contributed by atoms with Gasteiger partial charge in [0.25, 0.3) is 5.91 Å². The maximum Gasteiger partial charge on any atom is 0.280 e. The highest BCUT2D eigenvalue weighted by Gasteiger charge is 2.36. The number of hydrogen-bond acceptors (Lipinski definition) is 3. The van der Waals surface area contributed by atoms with E-state index in [0.717, 1.165) is 0 Å². The van der Waals surface area contributed by atoms with E-state index in [9.17, 15) is 26.7 Å². The van der Waals surface area contributed by atoms with Crippen molar-refractivity contribution in [1.29, 1.82) is 0 Å². The minimum Gasteiger partial charge on any atom is -0.494 e. The van der Waals surface area contributed by atoms with Crippen LogP contribution in [0.2, 0.25) is 0 Å². The van der Waals surface area contributed by atoms with Crippen LogP contribution < -0.4 is 9.75 Å². The van der Waals surface area contributed by atoms with Crippen molar-refractivity contribution in [3.05, 3.63) is 64.5 Å². The summed E-state index contributed by atoms with van der Waals surface area (Å²) in [4.78, 5) is 12.6. The fraction of sp³-hybridized carbons (Fsp3) is 0.158. The molecule has 0 atom stereocenters. The van der Waals surface area contributed by atoms with Gasteiger partial charge in [0.1, 0.15) is 11.4 Å². The Labute approximate surface area is 156 Å². The summed E-state index contributed by atoms with van der Waals surface area (Å²) >= 11 is 0. The monoisotopic (exact) mass is 396 g/mol. The van der Waals surface area contributed by atoms with Crippen molar-refractivity contribution < 1.29 is 31.5 Å². The molecule has 1 aliphatic heterocycles. The molecule has 0 saturated carbocycles. The highest BCUT2D eigenvalue weighted by atomic mass is 19.2. The van der Waals surface area contributed by atoms with Gasteiger partial charge in [-0.25, -0.2) is 22.0 Å². The zero-order valence-corrected chi connectivity index (χ0v) is 14.7. The number of hydrogen-bond donors (Lipinski definition) is 0. The SMILES string of the molecule is CCOc1cccc(/C=C2\C(=O)N(c3c(F)c(F)c(F)c(F)c3F)N=C2C)c1. The lowest BCUT2D eigenvalue weighted by Crippen LogP contribution is -2.25. The zero-order valence-electron chi connectivity index (χ0n) is 14.7. The van der Waals surface area contributed by atoms with Crippen molar-refractivity contribution in [3.8, 4) is 5.75 Å². The van der Waals surface area contributed by atoms with Crippen LogP contribution >= 0.6 is 0 Å². The summed E-state index contributed by atoms with van der Waals surface area (Å²) in [5.74, 6) is -11.4. The minimum absolute atomic E-state index is 0.0516. The predicted octanol–water partition coefficient (Wildman–Crippen LogP) is 4.59. The van der Waals surface area contributed by atoms with Gasteiger partial charge in [-0.05, 0) is 37.6 Å². The number of carbonyl (C=O) groups is 1. The maximum absolute atomic E-state index is 14.0. The van der Waals surface area contributed by atoms with Crippen LogP contribution in [0, 0.1) is 29.1 Å². The number of halogens is 5. The standard InChI is InChI=1S/C19H13F5N2O2/c1-3-28-11-6-4-5-10(7-11)8-12-9(2)25-26(19(12)27)18-16(23)14(21)13(20)15(22)17(18)24/h4-8H,3H2,1-2H3/b12-8-. The summed E-state index contributed by atoms with van der Waals surface area (Å²) in [5.41, 5.74) is -0.899. The van der Waals surface area contributed by atoms with Gasteiger partial charge in [-0.3, -0.25) is 4.79 Å². The van der Waals surface area contributed by atoms with Crippen molar-refractivity contribution in [2.45, 2.75) is 13.8 Å². The van der Waals surface area contributed by atoms with Crippen LogP contribution in [0.1, 0.15) is 19.4 Å². The molecule has 1 amide bonds. The Morgan fingerprint density at radius 2 is 1.64 bits per heavy atom. The van der Waals surface area contributed by atoms with E-state index in [1.165, 1.54) is 13.0 Å². The first kappa shape index (κ1) is 19.5. The molecule has 2 aromatic rings. The van der Waals surface area contributed by atoms with E-state index < -0.39 is 40.7 Å². The molecule has 146 valence electrons. The van der Waals surface area contributed by atoms with Gasteiger partial charge in [0.15, 0.2) is 23.3 Å². The molecule has 0 aliphatic carbocycles. The fourth-order valence-electron chi connectivity index (χ4n) is 2.64. The fourth-order valence-corrected chi connectivity index (χ4v) is 2.64. The van der Waals surface area contributed by atoms with Crippen LogP contribution in [-0.2, 0) is 4.79 Å². The van der Waals surface area contributed by atoms with Gasteiger partial charge in [-0.1, -0.05) is 12.1 Å². The number of nitrogens with zero attached hydrogens (tertiary/aromatic N) is 2. The van der Waals surface area contributed by atoms with E-state index in [4.69, 9.17) is 4.74 Å². The second kappa shape index (κ2) is 7.41. The Morgan fingerprint density at radius 1 is 1.04 bits per heavy atom. The summed E-state index contributed by atoms with van der Waals surface area (Å²) in [5, 5.41) is 3.85. The summed E-state index contributed by atoms with van der Waals surface area (Å²) in [6.45, 7) is 3.60. The Hall–Kier alpha value is -3.23. The molecule has 0 N–H and O–H groups in total. The van der Waals surface area contributed by atoms with Gasteiger partial charge in [-0.2, -0.15) is 10.1 Å². The lowest BCUT2D eigenvalue weighted by molar-refractivity contribution is -0.114. The normalized spacial score (nSPS) is 15.4. The van der Waals surface area contributed by atoms with Crippen LogP contribution in [0.5, 0.6) is 5.75 Å². The Bertz CT molecular complexity index is 1000. The average molecular weight is 396 g/mol. The highest BCUT2D eigenvalue weighted by Crippen LogP contribution is 2.34. The van der Waals surface area contributed by atoms with Gasteiger partial charge >= 0.3 is 0 Å². The van der Waals surface area contributed by atoms with E-state index in [2.05, 4.69) is 5.10 Å². The molecular weight excluding hydrogens is 383 g/mol. The van der Waals surface area contributed by atoms with Crippen molar-refractivity contribution in [3.63, 3.8) is 0 Å². The van der Waals surface area contributed by atoms with E-state index in [1.54, 1.807) is 31.2 Å². The van der Waals surface area contributed by atoms with Crippen molar-refractivity contribution in [2.75, 3.05) is 11.6 Å². The number of anilines is 1. The zero-order chi connectivity index (χ0) is 20.6. The number of rotatable bonds is 4. The third kappa shape index (κ3) is 3.23. The van der Waals surface area contributed by atoms with Crippen molar-refractivity contribution in [1.82, 2.24) is 0 Å². The lowest BCUT2D eigenvalue weighted by atomic mass is 10.1. The number of hydrazone groups is 1. The smallest absolute Gasteiger partial charge is 0.280 e. The molecule has 0 fully saturated rings. The van der Waals surface area contributed by atoms with E-state index in [1.807, 2.05) is 0 Å². The topological polar surface area (TPSA) is 41.9 Å². The first-order valence-electron chi connectivity index (χ1n) is 8.12. The second-order valence-corrected chi connectivity index (χ2v) is 5.78. The molecule has 28 heavy (non-hydrogen) atoms. The van der Waals surface area contributed by atoms with Crippen LogP contribution in [0.3, 0.4) is 0 Å². The molecule has 0 radical (unpaired) electrons. The molecule has 0 unspecified atom stereocenters. The number of carbonyl (C=O) groups excluding carboxylic acids is 1. The molecule has 3 rings (SSSR count). The molecular formula is C19H13F5N2O2. The van der Waals surface area contributed by atoms with Gasteiger partial charge in [0, 0.05) is 0 Å². The summed E-state index contributed by atoms with van der Waals surface area (Å²) in [6.07, 6.45) is 1.38. The molecule has 0 bridgehead atoms. The molecule has 4 nitrogen and oxygen atoms in total. The van der Waals surface area contributed by atoms with E-state index in [-0.39, 0.29) is 16.3 Å². The molecule has 1 aliphatic rings. The van der Waals surface area contributed by atoms with Crippen LogP contribution in [0.25, 0.3) is 6.08 Å². The molecule has 9 heteroatoms. The van der Waals surface area contributed by atoms with Gasteiger partial charge in [0.2, 0.25) is 5.82 Å². The van der Waals surface area contributed by atoms with Gasteiger partial charge in [-0.15, -0.1) is 0 Å². The molecule has 0 saturated heterocycles. The Morgan fingerprint density at radius 3 is 2.25 bits per heavy atom. The number of benzene rings is 2.